The second kappa shape index (κ2) is 11.8. The van der Waals surface area contributed by atoms with Crippen LogP contribution in [-0.2, 0) is 0 Å². The molecular formula is C15H28Br2. The van der Waals surface area contributed by atoms with Gasteiger partial charge in [0.25, 0.3) is 0 Å². The van der Waals surface area contributed by atoms with Gasteiger partial charge in [-0.25, -0.2) is 0 Å². The van der Waals surface area contributed by atoms with E-state index in [1.165, 1.54) is 51.4 Å². The van der Waals surface area contributed by atoms with Crippen LogP contribution in [0.2, 0.25) is 0 Å². The molecule has 2 unspecified atom stereocenters. The predicted octanol–water partition coefficient (Wildman–Crippen LogP) is 7.03. The van der Waals surface area contributed by atoms with Crippen LogP contribution in [0.25, 0.3) is 0 Å². The van der Waals surface area contributed by atoms with E-state index in [1.807, 2.05) is 0 Å². The van der Waals surface area contributed by atoms with E-state index < -0.39 is 0 Å². The van der Waals surface area contributed by atoms with E-state index in [0.717, 1.165) is 15.2 Å². The molecule has 0 aliphatic rings. The number of rotatable bonds is 10. The van der Waals surface area contributed by atoms with E-state index >= 15 is 0 Å². The smallest absolute Gasteiger partial charge is 0.0564 e. The van der Waals surface area contributed by atoms with Crippen molar-refractivity contribution in [1.29, 1.82) is 0 Å². The average Bonchev–Trinajstić information content (AvgIpc) is 2.32. The molecule has 0 aromatic heterocycles. The van der Waals surface area contributed by atoms with Gasteiger partial charge >= 0.3 is 0 Å². The monoisotopic (exact) mass is 366 g/mol. The Morgan fingerprint density at radius 3 is 2.06 bits per heavy atom. The number of hydrogen-bond donors (Lipinski definition) is 0. The van der Waals surface area contributed by atoms with Crippen molar-refractivity contribution in [3.63, 3.8) is 0 Å². The molecule has 0 rings (SSSR count). The summed E-state index contributed by atoms with van der Waals surface area (Å²) in [5.74, 6) is 1.76. The van der Waals surface area contributed by atoms with Gasteiger partial charge in [0.2, 0.25) is 0 Å². The minimum absolute atomic E-state index is 0.853. The van der Waals surface area contributed by atoms with Crippen LogP contribution in [0.4, 0.5) is 0 Å². The van der Waals surface area contributed by atoms with E-state index in [1.54, 1.807) is 0 Å². The first-order chi connectivity index (χ1) is 8.15. The first-order valence-corrected chi connectivity index (χ1v) is 8.75. The van der Waals surface area contributed by atoms with Crippen molar-refractivity contribution in [2.24, 2.45) is 11.8 Å². The molecule has 0 nitrogen and oxygen atoms in total. The number of allylic oxidation sites excluding steroid dienone is 1. The molecule has 0 saturated heterocycles. The molecule has 0 saturated carbocycles. The molecule has 102 valence electrons. The van der Waals surface area contributed by atoms with E-state index in [4.69, 9.17) is 0 Å². The van der Waals surface area contributed by atoms with Crippen molar-refractivity contribution < 1.29 is 0 Å². The van der Waals surface area contributed by atoms with Crippen LogP contribution in [0.15, 0.2) is 9.47 Å². The fourth-order valence-corrected chi connectivity index (χ4v) is 2.91. The van der Waals surface area contributed by atoms with E-state index in [2.05, 4.69) is 58.7 Å². The minimum Gasteiger partial charge on any atom is -0.0654 e. The van der Waals surface area contributed by atoms with Crippen LogP contribution in [0.5, 0.6) is 0 Å². The number of hydrogen-bond acceptors (Lipinski definition) is 0. The van der Waals surface area contributed by atoms with Gasteiger partial charge in [-0.05, 0) is 50.1 Å². The third kappa shape index (κ3) is 9.30. The maximum absolute atomic E-state index is 3.45. The van der Waals surface area contributed by atoms with Crippen LogP contribution in [0.1, 0.15) is 72.1 Å². The predicted molar refractivity (Wildman–Crippen MR) is 86.9 cm³/mol. The molecule has 2 heteroatoms. The molecule has 17 heavy (non-hydrogen) atoms. The largest absolute Gasteiger partial charge is 0.0654 e. The third-order valence-electron chi connectivity index (χ3n) is 3.72. The van der Waals surface area contributed by atoms with E-state index in [-0.39, 0.29) is 0 Å². The molecule has 0 heterocycles. The van der Waals surface area contributed by atoms with Crippen molar-refractivity contribution in [2.45, 2.75) is 72.1 Å². The first kappa shape index (κ1) is 17.7. The summed E-state index contributed by atoms with van der Waals surface area (Å²) >= 11 is 6.91. The van der Waals surface area contributed by atoms with Gasteiger partial charge < -0.3 is 0 Å². The Hall–Kier alpha value is 0.700. The standard InChI is InChI=1S/C15H28Br2/c1-4-7-8-9-10-13(5-2)14(6-3)11-12-15(16)17/h12-14H,4-11H2,1-3H3. The summed E-state index contributed by atoms with van der Waals surface area (Å²) in [4.78, 5) is 0. The molecular weight excluding hydrogens is 340 g/mol. The zero-order valence-corrected chi connectivity index (χ0v) is 14.8. The van der Waals surface area contributed by atoms with E-state index in [0.29, 0.717) is 0 Å². The number of halogens is 2. The lowest BCUT2D eigenvalue weighted by Gasteiger charge is -2.24. The van der Waals surface area contributed by atoms with Gasteiger partial charge in [0.15, 0.2) is 0 Å². The molecule has 0 fully saturated rings. The Balaban J connectivity index is 4.04. The Morgan fingerprint density at radius 2 is 1.59 bits per heavy atom. The summed E-state index contributed by atoms with van der Waals surface area (Å²) in [6.07, 6.45) is 13.1. The van der Waals surface area contributed by atoms with Gasteiger partial charge in [-0.15, -0.1) is 0 Å². The fourth-order valence-electron chi connectivity index (χ4n) is 2.54. The zero-order valence-electron chi connectivity index (χ0n) is 11.6. The minimum atomic E-state index is 0.853. The second-order valence-electron chi connectivity index (χ2n) is 4.92. The SMILES string of the molecule is CCCCCCC(CC)C(CC)CC=C(Br)Br. The topological polar surface area (TPSA) is 0 Å². The summed E-state index contributed by atoms with van der Waals surface area (Å²) in [6.45, 7) is 6.96. The normalized spacial score (nSPS) is 14.4. The molecule has 0 bridgehead atoms. The summed E-state index contributed by atoms with van der Waals surface area (Å²) in [6, 6.07) is 0. The lowest BCUT2D eigenvalue weighted by Crippen LogP contribution is -2.13. The van der Waals surface area contributed by atoms with E-state index in [9.17, 15) is 0 Å². The van der Waals surface area contributed by atoms with Crippen LogP contribution in [-0.4, -0.2) is 0 Å². The Kier molecular flexibility index (Phi) is 12.3. The Labute approximate surface area is 125 Å². The van der Waals surface area contributed by atoms with Crippen molar-refractivity contribution >= 4 is 31.9 Å². The zero-order chi connectivity index (χ0) is 13.1. The van der Waals surface area contributed by atoms with Gasteiger partial charge in [-0.3, -0.25) is 0 Å². The maximum Gasteiger partial charge on any atom is 0.0564 e. The molecule has 0 aliphatic carbocycles. The van der Waals surface area contributed by atoms with Gasteiger partial charge in [-0.1, -0.05) is 71.8 Å². The molecule has 0 N–H and O–H groups in total. The van der Waals surface area contributed by atoms with Crippen LogP contribution >= 0.6 is 31.9 Å². The fraction of sp³-hybridized carbons (Fsp3) is 0.867. The highest BCUT2D eigenvalue weighted by molar-refractivity contribution is 9.28. The molecule has 0 radical (unpaired) electrons. The first-order valence-electron chi connectivity index (χ1n) is 7.16. The lowest BCUT2D eigenvalue weighted by atomic mass is 9.82. The van der Waals surface area contributed by atoms with Crippen LogP contribution in [0, 0.1) is 11.8 Å². The second-order valence-corrected chi connectivity index (χ2v) is 7.69. The summed E-state index contributed by atoms with van der Waals surface area (Å²) in [5, 5.41) is 0. The molecule has 0 amide bonds. The molecule has 0 spiro atoms. The van der Waals surface area contributed by atoms with Gasteiger partial charge in [0, 0.05) is 0 Å². The Bertz CT molecular complexity index is 195. The molecule has 2 atom stereocenters. The molecule has 0 aromatic carbocycles. The van der Waals surface area contributed by atoms with Crippen molar-refractivity contribution in [1.82, 2.24) is 0 Å². The third-order valence-corrected chi connectivity index (χ3v) is 4.37. The number of unbranched alkanes of at least 4 members (excludes halogenated alkanes) is 3. The summed E-state index contributed by atoms with van der Waals surface area (Å²) < 4.78 is 1.10. The average molecular weight is 368 g/mol. The van der Waals surface area contributed by atoms with Gasteiger partial charge in [0.05, 0.1) is 3.39 Å². The van der Waals surface area contributed by atoms with Gasteiger partial charge in [-0.2, -0.15) is 0 Å². The van der Waals surface area contributed by atoms with Crippen molar-refractivity contribution in [3.05, 3.63) is 9.47 Å². The quantitative estimate of drug-likeness (QED) is 0.363. The molecule has 0 aromatic rings. The van der Waals surface area contributed by atoms with Gasteiger partial charge in [0.1, 0.15) is 0 Å². The Morgan fingerprint density at radius 1 is 0.941 bits per heavy atom. The highest BCUT2D eigenvalue weighted by Gasteiger charge is 2.16. The summed E-state index contributed by atoms with van der Waals surface area (Å²) in [5.41, 5.74) is 0. The highest BCUT2D eigenvalue weighted by Crippen LogP contribution is 2.29. The molecule has 0 aliphatic heterocycles. The van der Waals surface area contributed by atoms with Crippen LogP contribution < -0.4 is 0 Å². The van der Waals surface area contributed by atoms with Crippen molar-refractivity contribution in [3.8, 4) is 0 Å². The lowest BCUT2D eigenvalue weighted by molar-refractivity contribution is 0.288. The summed E-state index contributed by atoms with van der Waals surface area (Å²) in [7, 11) is 0. The van der Waals surface area contributed by atoms with Crippen LogP contribution in [0.3, 0.4) is 0 Å². The maximum atomic E-state index is 3.45. The van der Waals surface area contributed by atoms with Crippen molar-refractivity contribution in [2.75, 3.05) is 0 Å². The highest BCUT2D eigenvalue weighted by atomic mass is 79.9.